The van der Waals surface area contributed by atoms with Gasteiger partial charge >= 0.3 is 11.9 Å². The molecule has 1 aromatic heterocycles. The topological polar surface area (TPSA) is 144 Å². The molecule has 1 saturated heterocycles. The summed E-state index contributed by atoms with van der Waals surface area (Å²) in [5, 5.41) is 17.1. The molecule has 0 bridgehead atoms. The first-order chi connectivity index (χ1) is 14.8. The van der Waals surface area contributed by atoms with E-state index in [2.05, 4.69) is 10.5 Å². The molecule has 13 heteroatoms. The highest BCUT2D eigenvalue weighted by Gasteiger charge is 2.54. The number of hydrogen-bond donors (Lipinski definition) is 2. The highest BCUT2D eigenvalue weighted by molar-refractivity contribution is 8.00. The number of esters is 1. The van der Waals surface area contributed by atoms with Gasteiger partial charge in [0.25, 0.3) is 11.8 Å². The maximum absolute atomic E-state index is 12.8. The van der Waals surface area contributed by atoms with Crippen LogP contribution < -0.4 is 5.32 Å². The van der Waals surface area contributed by atoms with E-state index in [1.54, 1.807) is 17.5 Å². The number of nitrogens with one attached hydrogen (secondary N) is 1. The predicted octanol–water partition coefficient (Wildman–Crippen LogP) is 0.374. The van der Waals surface area contributed by atoms with Crippen molar-refractivity contribution in [3.63, 3.8) is 0 Å². The molecule has 2 aliphatic rings. The van der Waals surface area contributed by atoms with Gasteiger partial charge in [-0.15, -0.1) is 23.1 Å². The molecular weight excluding hydrogens is 450 g/mol. The minimum absolute atomic E-state index is 0.0244. The summed E-state index contributed by atoms with van der Waals surface area (Å²) >= 11 is 2.53. The number of carbonyl (C=O) groups excluding carboxylic acids is 3. The second-order valence-electron chi connectivity index (χ2n) is 6.35. The van der Waals surface area contributed by atoms with Gasteiger partial charge in [-0.05, 0) is 11.4 Å². The van der Waals surface area contributed by atoms with E-state index in [0.29, 0.717) is 10.5 Å². The summed E-state index contributed by atoms with van der Waals surface area (Å²) in [6.45, 7) is 0.835. The van der Waals surface area contributed by atoms with Gasteiger partial charge in [-0.25, -0.2) is 4.79 Å². The third kappa shape index (κ3) is 4.89. The van der Waals surface area contributed by atoms with Gasteiger partial charge in [0.1, 0.15) is 23.7 Å². The minimum Gasteiger partial charge on any atom is -0.477 e. The third-order valence-corrected chi connectivity index (χ3v) is 6.50. The average Bonchev–Trinajstić information content (AvgIpc) is 3.26. The highest BCUT2D eigenvalue weighted by Crippen LogP contribution is 2.40. The van der Waals surface area contributed by atoms with Crippen molar-refractivity contribution < 1.29 is 38.6 Å². The summed E-state index contributed by atoms with van der Waals surface area (Å²) in [4.78, 5) is 54.9. The summed E-state index contributed by atoms with van der Waals surface area (Å²) in [5.74, 6) is -2.84. The van der Waals surface area contributed by atoms with Crippen molar-refractivity contribution in [3.8, 4) is 0 Å². The number of β-lactam (4-membered cyclic amide) rings is 1. The molecule has 2 atom stereocenters. The number of hydrogen-bond acceptors (Lipinski definition) is 10. The number of aliphatic carboxylic acids is 1. The van der Waals surface area contributed by atoms with Gasteiger partial charge in [-0.2, -0.15) is 0 Å². The molecule has 11 nitrogen and oxygen atoms in total. The summed E-state index contributed by atoms with van der Waals surface area (Å²) in [5.41, 5.74) is 0.0654. The first kappa shape index (κ1) is 22.8. The molecule has 0 aliphatic carbocycles. The first-order valence-corrected chi connectivity index (χ1v) is 10.8. The standard InChI is InChI=1S/C18H19N3O8S2/c1-9(22)28-6-10-7-31-17-13(16(24)21(17)14(10)18(25)26)19-15(23)12(20-29-8-27-2)11-4-3-5-30-11/h3-5,13,17H,6-8H2,1-2H3,(H,19,23)(H,25,26)/t13-,17-/m1/s1. The second kappa shape index (κ2) is 9.94. The van der Waals surface area contributed by atoms with Gasteiger partial charge < -0.3 is 24.7 Å². The number of fused-ring (bicyclic) bond motifs is 1. The fourth-order valence-corrected chi connectivity index (χ4v) is 4.98. The Morgan fingerprint density at radius 1 is 1.39 bits per heavy atom. The minimum atomic E-state index is -1.31. The second-order valence-corrected chi connectivity index (χ2v) is 8.40. The molecular formula is C18H19N3O8S2. The van der Waals surface area contributed by atoms with Gasteiger partial charge in [0, 0.05) is 25.4 Å². The lowest BCUT2D eigenvalue weighted by molar-refractivity contribution is -0.150. The zero-order valence-electron chi connectivity index (χ0n) is 16.5. The fourth-order valence-electron chi connectivity index (χ4n) is 2.95. The highest BCUT2D eigenvalue weighted by atomic mass is 32.2. The Bertz CT molecular complexity index is 944. The van der Waals surface area contributed by atoms with Crippen LogP contribution in [0.2, 0.25) is 0 Å². The molecule has 2 amide bonds. The van der Waals surface area contributed by atoms with Crippen LogP contribution in [0.4, 0.5) is 0 Å². The molecule has 2 aliphatic heterocycles. The lowest BCUT2D eigenvalue weighted by Gasteiger charge is -2.49. The van der Waals surface area contributed by atoms with E-state index in [0.717, 1.165) is 4.90 Å². The van der Waals surface area contributed by atoms with Crippen molar-refractivity contribution >= 4 is 52.6 Å². The van der Waals surface area contributed by atoms with E-state index in [4.69, 9.17) is 14.3 Å². The van der Waals surface area contributed by atoms with E-state index in [9.17, 15) is 24.3 Å². The van der Waals surface area contributed by atoms with Crippen LogP contribution in [0.5, 0.6) is 0 Å². The van der Waals surface area contributed by atoms with Crippen molar-refractivity contribution in [2.75, 3.05) is 26.3 Å². The number of amides is 2. The Balaban J connectivity index is 1.75. The van der Waals surface area contributed by atoms with Gasteiger partial charge in [0.2, 0.25) is 6.79 Å². The van der Waals surface area contributed by atoms with Gasteiger partial charge in [-0.3, -0.25) is 19.3 Å². The molecule has 0 spiro atoms. The Morgan fingerprint density at radius 3 is 2.77 bits per heavy atom. The number of carbonyl (C=O) groups is 4. The molecule has 0 aromatic carbocycles. The van der Waals surface area contributed by atoms with Crippen LogP contribution in [-0.4, -0.2) is 77.1 Å². The van der Waals surface area contributed by atoms with E-state index >= 15 is 0 Å². The van der Waals surface area contributed by atoms with E-state index < -0.39 is 35.2 Å². The van der Waals surface area contributed by atoms with Crippen molar-refractivity contribution in [2.45, 2.75) is 18.3 Å². The van der Waals surface area contributed by atoms with Crippen LogP contribution in [0, 0.1) is 0 Å². The molecule has 31 heavy (non-hydrogen) atoms. The van der Waals surface area contributed by atoms with Gasteiger partial charge in [-0.1, -0.05) is 11.2 Å². The molecule has 166 valence electrons. The van der Waals surface area contributed by atoms with Gasteiger partial charge in [0.05, 0.1) is 4.88 Å². The maximum Gasteiger partial charge on any atom is 0.352 e. The predicted molar refractivity (Wildman–Crippen MR) is 110 cm³/mol. The van der Waals surface area contributed by atoms with Crippen molar-refractivity contribution in [1.29, 1.82) is 0 Å². The van der Waals surface area contributed by atoms with E-state index in [1.807, 2.05) is 0 Å². The molecule has 1 fully saturated rings. The number of methoxy groups -OCH3 is 1. The summed E-state index contributed by atoms with van der Waals surface area (Å²) in [6.07, 6.45) is 0. The quantitative estimate of drug-likeness (QED) is 0.131. The van der Waals surface area contributed by atoms with Gasteiger partial charge in [0.15, 0.2) is 5.71 Å². The normalized spacial score (nSPS) is 20.6. The maximum atomic E-state index is 12.8. The third-order valence-electron chi connectivity index (χ3n) is 4.28. The summed E-state index contributed by atoms with van der Waals surface area (Å²) in [6, 6.07) is 2.48. The molecule has 0 unspecified atom stereocenters. The smallest absolute Gasteiger partial charge is 0.352 e. The molecule has 2 N–H and O–H groups in total. The van der Waals surface area contributed by atoms with Crippen LogP contribution in [0.1, 0.15) is 11.8 Å². The molecule has 0 radical (unpaired) electrons. The monoisotopic (exact) mass is 469 g/mol. The average molecular weight is 469 g/mol. The number of nitrogens with zero attached hydrogens (tertiary/aromatic N) is 2. The van der Waals surface area contributed by atoms with Crippen molar-refractivity contribution in [1.82, 2.24) is 10.2 Å². The number of ether oxygens (including phenoxy) is 2. The van der Waals surface area contributed by atoms with Crippen LogP contribution in [-0.2, 0) is 33.5 Å². The lowest BCUT2D eigenvalue weighted by Crippen LogP contribution is -2.71. The SMILES string of the molecule is COCON=C(C(=O)N[C@@H]1C(=O)N2C(C(=O)O)=C(COC(C)=O)CS[C@H]12)c1cccs1. The molecule has 0 saturated carbocycles. The zero-order chi connectivity index (χ0) is 22.5. The largest absolute Gasteiger partial charge is 0.477 e. The number of thiophene rings is 1. The summed E-state index contributed by atoms with van der Waals surface area (Å²) < 4.78 is 9.65. The van der Waals surface area contributed by atoms with E-state index in [1.165, 1.54) is 37.1 Å². The zero-order valence-corrected chi connectivity index (χ0v) is 18.2. The molecule has 3 rings (SSSR count). The van der Waals surface area contributed by atoms with Crippen molar-refractivity contribution in [3.05, 3.63) is 33.7 Å². The van der Waals surface area contributed by atoms with Crippen LogP contribution in [0.25, 0.3) is 0 Å². The number of oxime groups is 1. The van der Waals surface area contributed by atoms with Crippen LogP contribution in [0.3, 0.4) is 0 Å². The fraction of sp³-hybridized carbons (Fsp3) is 0.389. The number of thioether (sulfide) groups is 1. The number of carboxylic acids is 1. The Labute approximate surface area is 185 Å². The summed E-state index contributed by atoms with van der Waals surface area (Å²) in [7, 11) is 1.41. The van der Waals surface area contributed by atoms with Crippen LogP contribution >= 0.6 is 23.1 Å². The number of rotatable bonds is 9. The Kier molecular flexibility index (Phi) is 7.30. The lowest BCUT2D eigenvalue weighted by atomic mass is 10.0. The molecule has 3 heterocycles. The van der Waals surface area contributed by atoms with Crippen molar-refractivity contribution in [2.24, 2.45) is 5.16 Å². The Morgan fingerprint density at radius 2 is 2.16 bits per heavy atom. The van der Waals surface area contributed by atoms with Crippen LogP contribution in [0.15, 0.2) is 33.9 Å². The Hall–Kier alpha value is -2.90. The number of carboxylic acid groups (broad SMARTS) is 1. The first-order valence-electron chi connectivity index (χ1n) is 8.92. The molecule has 1 aromatic rings. The van der Waals surface area contributed by atoms with E-state index in [-0.39, 0.29) is 30.6 Å².